The van der Waals surface area contributed by atoms with Gasteiger partial charge in [0, 0.05) is 5.25 Å². The van der Waals surface area contributed by atoms with Crippen LogP contribution in [0, 0.1) is 0 Å². The fourth-order valence-electron chi connectivity index (χ4n) is 1.60. The quantitative estimate of drug-likeness (QED) is 0.514. The molecule has 0 bridgehead atoms. The first-order valence-corrected chi connectivity index (χ1v) is 4.79. The molecule has 0 spiro atoms. The molecule has 54 valence electrons. The third-order valence-corrected chi connectivity index (χ3v) is 3.39. The molecule has 1 atom stereocenters. The van der Waals surface area contributed by atoms with Gasteiger partial charge in [-0.25, -0.2) is 0 Å². The van der Waals surface area contributed by atoms with Crippen LogP contribution in [-0.2, 0) is 0 Å². The van der Waals surface area contributed by atoms with Crippen molar-refractivity contribution in [1.82, 2.24) is 0 Å². The first-order chi connectivity index (χ1) is 4.86. The van der Waals surface area contributed by atoms with E-state index in [0.29, 0.717) is 0 Å². The molecule has 0 nitrogen and oxygen atoms in total. The molecule has 2 rings (SSSR count). The Balaban J connectivity index is 2.21. The Morgan fingerprint density at radius 2 is 2.50 bits per heavy atom. The van der Waals surface area contributed by atoms with Crippen molar-refractivity contribution in [3.8, 4) is 0 Å². The summed E-state index contributed by atoms with van der Waals surface area (Å²) in [6.45, 7) is 2.32. The molecule has 0 radical (unpaired) electrons. The molecule has 1 heteroatoms. The van der Waals surface area contributed by atoms with Gasteiger partial charge in [0.05, 0.1) is 0 Å². The Bertz CT molecular complexity index is 201. The van der Waals surface area contributed by atoms with Crippen LogP contribution in [0.25, 0.3) is 0 Å². The molecule has 0 fully saturated rings. The van der Waals surface area contributed by atoms with Gasteiger partial charge < -0.3 is 0 Å². The number of hydrogen-bond acceptors (Lipinski definition) is 1. The van der Waals surface area contributed by atoms with Gasteiger partial charge in [-0.1, -0.05) is 19.1 Å². The van der Waals surface area contributed by atoms with Gasteiger partial charge in [-0.05, 0) is 29.7 Å². The molecule has 0 saturated carbocycles. The van der Waals surface area contributed by atoms with Crippen LogP contribution in [0.15, 0.2) is 22.6 Å². The molecule has 0 aromatic rings. The average Bonchev–Trinajstić information content (AvgIpc) is 2.27. The number of hydrogen-bond donors (Lipinski definition) is 0. The highest BCUT2D eigenvalue weighted by Gasteiger charge is 2.20. The largest absolute Gasteiger partial charge is 0.127 e. The first kappa shape index (κ1) is 6.53. The average molecular weight is 152 g/mol. The van der Waals surface area contributed by atoms with E-state index in [0.717, 1.165) is 5.25 Å². The third-order valence-electron chi connectivity index (χ3n) is 2.07. The summed E-state index contributed by atoms with van der Waals surface area (Å²) in [5.74, 6) is 0. The Hall–Kier alpha value is -0.170. The lowest BCUT2D eigenvalue weighted by atomic mass is 10.0. The molecular weight excluding hydrogens is 140 g/mol. The van der Waals surface area contributed by atoms with Crippen LogP contribution in [0.3, 0.4) is 0 Å². The van der Waals surface area contributed by atoms with E-state index in [9.17, 15) is 0 Å². The van der Waals surface area contributed by atoms with Crippen molar-refractivity contribution >= 4 is 11.8 Å². The molecule has 1 unspecified atom stereocenters. The molecular formula is C9H12S. The third kappa shape index (κ3) is 1.03. The number of rotatable bonds is 0. The van der Waals surface area contributed by atoms with E-state index >= 15 is 0 Å². The smallest absolute Gasteiger partial charge is 0.0104 e. The van der Waals surface area contributed by atoms with E-state index in [1.165, 1.54) is 19.3 Å². The van der Waals surface area contributed by atoms with Crippen LogP contribution in [0.2, 0.25) is 0 Å². The lowest BCUT2D eigenvalue weighted by Crippen LogP contribution is -1.87. The molecule has 0 aromatic heterocycles. The second-order valence-electron chi connectivity index (χ2n) is 3.02. The highest BCUT2D eigenvalue weighted by Crippen LogP contribution is 2.42. The Morgan fingerprint density at radius 3 is 3.30 bits per heavy atom. The summed E-state index contributed by atoms with van der Waals surface area (Å²) >= 11 is 2.08. The zero-order chi connectivity index (χ0) is 6.97. The van der Waals surface area contributed by atoms with E-state index in [1.807, 2.05) is 0 Å². The highest BCUT2D eigenvalue weighted by atomic mass is 32.2. The van der Waals surface area contributed by atoms with Crippen molar-refractivity contribution in [2.75, 3.05) is 0 Å². The second-order valence-corrected chi connectivity index (χ2v) is 4.56. The van der Waals surface area contributed by atoms with Crippen molar-refractivity contribution in [1.29, 1.82) is 0 Å². The van der Waals surface area contributed by atoms with Gasteiger partial charge in [-0.3, -0.25) is 0 Å². The zero-order valence-electron chi connectivity index (χ0n) is 6.26. The predicted octanol–water partition coefficient (Wildman–Crippen LogP) is 3.12. The monoisotopic (exact) mass is 152 g/mol. The van der Waals surface area contributed by atoms with Gasteiger partial charge in [-0.15, -0.1) is 11.8 Å². The lowest BCUT2D eigenvalue weighted by Gasteiger charge is -2.05. The van der Waals surface area contributed by atoms with Crippen LogP contribution in [0.5, 0.6) is 0 Å². The van der Waals surface area contributed by atoms with Crippen molar-refractivity contribution < 1.29 is 0 Å². The fourth-order valence-corrected chi connectivity index (χ4v) is 2.89. The van der Waals surface area contributed by atoms with Crippen LogP contribution in [0.4, 0.5) is 0 Å². The Labute approximate surface area is 66.4 Å². The summed E-state index contributed by atoms with van der Waals surface area (Å²) in [6, 6.07) is 0. The summed E-state index contributed by atoms with van der Waals surface area (Å²) < 4.78 is 0. The fraction of sp³-hybridized carbons (Fsp3) is 0.556. The molecule has 0 N–H and O–H groups in total. The maximum Gasteiger partial charge on any atom is 0.0104 e. The van der Waals surface area contributed by atoms with Crippen LogP contribution in [0.1, 0.15) is 26.2 Å². The standard InChI is InChI=1S/C9H12S/c1-7-6-8-4-2-3-5-9(8)10-7/h2,4,7H,3,5-6H2,1H3. The van der Waals surface area contributed by atoms with Gasteiger partial charge in [-0.2, -0.15) is 0 Å². The second kappa shape index (κ2) is 2.46. The van der Waals surface area contributed by atoms with Crippen molar-refractivity contribution in [3.05, 3.63) is 22.6 Å². The number of allylic oxidation sites excluding steroid dienone is 4. The molecule has 10 heavy (non-hydrogen) atoms. The summed E-state index contributed by atoms with van der Waals surface area (Å²) in [5, 5.41) is 0.841. The van der Waals surface area contributed by atoms with E-state index in [4.69, 9.17) is 0 Å². The molecule has 0 saturated heterocycles. The van der Waals surface area contributed by atoms with E-state index in [-0.39, 0.29) is 0 Å². The molecule has 1 heterocycles. The minimum atomic E-state index is 0.841. The SMILES string of the molecule is CC1CC2=C(CCC=C2)S1. The van der Waals surface area contributed by atoms with E-state index < -0.39 is 0 Å². The minimum Gasteiger partial charge on any atom is -0.127 e. The summed E-state index contributed by atoms with van der Waals surface area (Å²) in [5.41, 5.74) is 1.61. The summed E-state index contributed by atoms with van der Waals surface area (Å²) in [4.78, 5) is 1.66. The topological polar surface area (TPSA) is 0 Å². The maximum absolute atomic E-state index is 2.32. The summed E-state index contributed by atoms with van der Waals surface area (Å²) in [6.07, 6.45) is 8.49. The molecule has 0 amide bonds. The molecule has 1 aliphatic carbocycles. The van der Waals surface area contributed by atoms with Crippen molar-refractivity contribution in [3.63, 3.8) is 0 Å². The minimum absolute atomic E-state index is 0.841. The van der Waals surface area contributed by atoms with Gasteiger partial charge in [0.2, 0.25) is 0 Å². The Kier molecular flexibility index (Phi) is 1.61. The summed E-state index contributed by atoms with van der Waals surface area (Å²) in [7, 11) is 0. The highest BCUT2D eigenvalue weighted by molar-refractivity contribution is 8.03. The predicted molar refractivity (Wildman–Crippen MR) is 47.1 cm³/mol. The van der Waals surface area contributed by atoms with Gasteiger partial charge >= 0.3 is 0 Å². The maximum atomic E-state index is 2.32. The number of thioether (sulfide) groups is 1. The first-order valence-electron chi connectivity index (χ1n) is 3.91. The van der Waals surface area contributed by atoms with Gasteiger partial charge in [0.25, 0.3) is 0 Å². The van der Waals surface area contributed by atoms with Crippen LogP contribution >= 0.6 is 11.8 Å². The molecule has 2 aliphatic rings. The van der Waals surface area contributed by atoms with Crippen LogP contribution < -0.4 is 0 Å². The van der Waals surface area contributed by atoms with E-state index in [1.54, 1.807) is 10.5 Å². The Morgan fingerprint density at radius 1 is 1.60 bits per heavy atom. The van der Waals surface area contributed by atoms with Gasteiger partial charge in [0.15, 0.2) is 0 Å². The van der Waals surface area contributed by atoms with Crippen LogP contribution in [-0.4, -0.2) is 5.25 Å². The van der Waals surface area contributed by atoms with E-state index in [2.05, 4.69) is 30.8 Å². The molecule has 0 aromatic carbocycles. The van der Waals surface area contributed by atoms with Gasteiger partial charge in [0.1, 0.15) is 0 Å². The zero-order valence-corrected chi connectivity index (χ0v) is 7.08. The normalized spacial score (nSPS) is 31.1. The molecule has 1 aliphatic heterocycles. The van der Waals surface area contributed by atoms with Crippen molar-refractivity contribution in [2.45, 2.75) is 31.4 Å². The van der Waals surface area contributed by atoms with Crippen molar-refractivity contribution in [2.24, 2.45) is 0 Å². The lowest BCUT2D eigenvalue weighted by molar-refractivity contribution is 0.938.